The van der Waals surface area contributed by atoms with E-state index in [-0.39, 0.29) is 0 Å². The summed E-state index contributed by atoms with van der Waals surface area (Å²) in [6.45, 7) is 3.21. The van der Waals surface area contributed by atoms with Crippen LogP contribution >= 0.6 is 0 Å². The number of unbranched alkanes of at least 4 members (excludes halogenated alkanes) is 4. The van der Waals surface area contributed by atoms with Gasteiger partial charge in [0.1, 0.15) is 0 Å². The molecule has 0 aromatic heterocycles. The van der Waals surface area contributed by atoms with Crippen molar-refractivity contribution in [2.45, 2.75) is 58.0 Å². The molecule has 0 spiro atoms. The van der Waals surface area contributed by atoms with Gasteiger partial charge >= 0.3 is 0 Å². The van der Waals surface area contributed by atoms with E-state index in [4.69, 9.17) is 4.74 Å². The minimum absolute atomic E-state index is 0.639. The molecule has 13 heavy (non-hydrogen) atoms. The van der Waals surface area contributed by atoms with Crippen molar-refractivity contribution >= 4 is 0 Å². The van der Waals surface area contributed by atoms with Crippen LogP contribution < -0.4 is 0 Å². The van der Waals surface area contributed by atoms with Crippen LogP contribution in [-0.4, -0.2) is 12.7 Å². The Hall–Kier alpha value is -0.300. The zero-order valence-corrected chi connectivity index (χ0v) is 8.80. The van der Waals surface area contributed by atoms with Crippen molar-refractivity contribution in [2.75, 3.05) is 6.61 Å². The van der Waals surface area contributed by atoms with Crippen LogP contribution in [0.2, 0.25) is 0 Å². The Kier molecular flexibility index (Phi) is 5.92. The smallest absolute Gasteiger partial charge is 0.0810 e. The monoisotopic (exact) mass is 182 g/mol. The topological polar surface area (TPSA) is 12.5 Å². The average molecular weight is 182 g/mol. The molecule has 0 saturated carbocycles. The molecule has 1 heterocycles. The summed E-state index contributed by atoms with van der Waals surface area (Å²) >= 11 is 0. The summed E-state index contributed by atoms with van der Waals surface area (Å²) in [6.07, 6.45) is 14.5. The molecule has 0 aliphatic carbocycles. The highest BCUT2D eigenvalue weighted by atomic mass is 16.6. The van der Waals surface area contributed by atoms with Gasteiger partial charge in [0.25, 0.3) is 0 Å². The van der Waals surface area contributed by atoms with Gasteiger partial charge in [-0.25, -0.2) is 0 Å². The Morgan fingerprint density at radius 1 is 1.15 bits per heavy atom. The summed E-state index contributed by atoms with van der Waals surface area (Å²) in [5.41, 5.74) is 0. The standard InChI is InChI=1S/C12H22O/c1-2-3-4-5-6-7-8-9-10-12-11-13-12/h3-4,12H,2,5-11H2,1H3. The fourth-order valence-corrected chi connectivity index (χ4v) is 1.51. The molecule has 1 fully saturated rings. The van der Waals surface area contributed by atoms with Gasteiger partial charge in [-0.3, -0.25) is 0 Å². The van der Waals surface area contributed by atoms with Crippen LogP contribution in [0.5, 0.6) is 0 Å². The molecule has 1 saturated heterocycles. The summed E-state index contributed by atoms with van der Waals surface area (Å²) in [4.78, 5) is 0. The van der Waals surface area contributed by atoms with Crippen molar-refractivity contribution in [3.63, 3.8) is 0 Å². The number of rotatable bonds is 8. The number of allylic oxidation sites excluding steroid dienone is 2. The lowest BCUT2D eigenvalue weighted by atomic mass is 10.1. The summed E-state index contributed by atoms with van der Waals surface area (Å²) in [5, 5.41) is 0. The first-order chi connectivity index (χ1) is 6.43. The van der Waals surface area contributed by atoms with Gasteiger partial charge in [-0.05, 0) is 25.7 Å². The zero-order valence-electron chi connectivity index (χ0n) is 8.80. The van der Waals surface area contributed by atoms with E-state index in [2.05, 4.69) is 19.1 Å². The quantitative estimate of drug-likeness (QED) is 0.317. The van der Waals surface area contributed by atoms with E-state index in [0.29, 0.717) is 6.10 Å². The minimum Gasteiger partial charge on any atom is -0.373 e. The predicted molar refractivity (Wildman–Crippen MR) is 56.9 cm³/mol. The van der Waals surface area contributed by atoms with Crippen LogP contribution in [0.25, 0.3) is 0 Å². The Balaban J connectivity index is 1.70. The van der Waals surface area contributed by atoms with E-state index in [1.54, 1.807) is 0 Å². The van der Waals surface area contributed by atoms with Crippen molar-refractivity contribution in [3.8, 4) is 0 Å². The van der Waals surface area contributed by atoms with Gasteiger partial charge in [0.15, 0.2) is 0 Å². The second-order valence-electron chi connectivity index (χ2n) is 3.83. The van der Waals surface area contributed by atoms with Crippen LogP contribution in [0.4, 0.5) is 0 Å². The van der Waals surface area contributed by atoms with Gasteiger partial charge in [0, 0.05) is 0 Å². The number of epoxide rings is 1. The Bertz CT molecular complexity index is 136. The third-order valence-electron chi connectivity index (χ3n) is 2.45. The molecule has 1 nitrogen and oxygen atoms in total. The first kappa shape index (κ1) is 10.8. The predicted octanol–water partition coefficient (Wildman–Crippen LogP) is 3.69. The Labute approximate surface area is 82.2 Å². The lowest BCUT2D eigenvalue weighted by Gasteiger charge is -1.97. The number of ether oxygens (including phenoxy) is 1. The second-order valence-corrected chi connectivity index (χ2v) is 3.83. The lowest BCUT2D eigenvalue weighted by molar-refractivity contribution is 0.388. The van der Waals surface area contributed by atoms with Gasteiger partial charge < -0.3 is 4.74 Å². The van der Waals surface area contributed by atoms with E-state index < -0.39 is 0 Å². The van der Waals surface area contributed by atoms with E-state index in [1.807, 2.05) is 0 Å². The highest BCUT2D eigenvalue weighted by Crippen LogP contribution is 2.17. The van der Waals surface area contributed by atoms with Gasteiger partial charge in [-0.1, -0.05) is 38.3 Å². The zero-order chi connectivity index (χ0) is 9.36. The molecule has 0 radical (unpaired) electrons. The highest BCUT2D eigenvalue weighted by Gasteiger charge is 2.20. The molecule has 1 aliphatic heterocycles. The van der Waals surface area contributed by atoms with Crippen molar-refractivity contribution in [1.29, 1.82) is 0 Å². The third-order valence-corrected chi connectivity index (χ3v) is 2.45. The van der Waals surface area contributed by atoms with E-state index in [9.17, 15) is 0 Å². The van der Waals surface area contributed by atoms with Crippen LogP contribution in [0.3, 0.4) is 0 Å². The maximum atomic E-state index is 5.16. The van der Waals surface area contributed by atoms with Crippen LogP contribution in [0, 0.1) is 0 Å². The molecular weight excluding hydrogens is 160 g/mol. The van der Waals surface area contributed by atoms with Crippen LogP contribution in [0.1, 0.15) is 51.9 Å². The first-order valence-electron chi connectivity index (χ1n) is 5.70. The molecule has 1 atom stereocenters. The average Bonchev–Trinajstić information content (AvgIpc) is 2.93. The van der Waals surface area contributed by atoms with Crippen LogP contribution in [0.15, 0.2) is 12.2 Å². The maximum Gasteiger partial charge on any atom is 0.0810 e. The third kappa shape index (κ3) is 6.83. The van der Waals surface area contributed by atoms with Gasteiger partial charge in [0.05, 0.1) is 12.7 Å². The molecule has 1 aliphatic rings. The number of hydrogen-bond donors (Lipinski definition) is 0. The fraction of sp³-hybridized carbons (Fsp3) is 0.833. The Morgan fingerprint density at radius 2 is 1.92 bits per heavy atom. The van der Waals surface area contributed by atoms with Crippen molar-refractivity contribution in [1.82, 2.24) is 0 Å². The molecule has 76 valence electrons. The van der Waals surface area contributed by atoms with Gasteiger partial charge in [-0.2, -0.15) is 0 Å². The molecular formula is C12H22O. The molecule has 0 aromatic rings. The summed E-state index contributed by atoms with van der Waals surface area (Å²) < 4.78 is 5.16. The summed E-state index contributed by atoms with van der Waals surface area (Å²) in [5.74, 6) is 0. The van der Waals surface area contributed by atoms with Gasteiger partial charge in [-0.15, -0.1) is 0 Å². The highest BCUT2D eigenvalue weighted by molar-refractivity contribution is 4.79. The molecule has 1 rings (SSSR count). The number of hydrogen-bond acceptors (Lipinski definition) is 1. The van der Waals surface area contributed by atoms with E-state index in [0.717, 1.165) is 6.61 Å². The normalized spacial score (nSPS) is 21.2. The largest absolute Gasteiger partial charge is 0.373 e. The molecule has 1 unspecified atom stereocenters. The van der Waals surface area contributed by atoms with Crippen molar-refractivity contribution < 1.29 is 4.74 Å². The molecule has 0 aromatic carbocycles. The maximum absolute atomic E-state index is 5.16. The van der Waals surface area contributed by atoms with Crippen molar-refractivity contribution in [2.24, 2.45) is 0 Å². The van der Waals surface area contributed by atoms with Crippen molar-refractivity contribution in [3.05, 3.63) is 12.2 Å². The molecule has 0 N–H and O–H groups in total. The minimum atomic E-state index is 0.639. The SMILES string of the molecule is CCC=CCCCCCCC1CO1. The second kappa shape index (κ2) is 7.14. The molecule has 1 heteroatoms. The fourth-order valence-electron chi connectivity index (χ4n) is 1.51. The summed E-state index contributed by atoms with van der Waals surface area (Å²) in [6, 6.07) is 0. The van der Waals surface area contributed by atoms with Crippen LogP contribution in [-0.2, 0) is 4.74 Å². The van der Waals surface area contributed by atoms with E-state index >= 15 is 0 Å². The van der Waals surface area contributed by atoms with E-state index in [1.165, 1.54) is 44.9 Å². The Morgan fingerprint density at radius 3 is 2.62 bits per heavy atom. The molecule has 0 bridgehead atoms. The first-order valence-corrected chi connectivity index (χ1v) is 5.70. The van der Waals surface area contributed by atoms with Gasteiger partial charge in [0.2, 0.25) is 0 Å². The molecule has 0 amide bonds. The lowest BCUT2D eigenvalue weighted by Crippen LogP contribution is -1.85. The summed E-state index contributed by atoms with van der Waals surface area (Å²) in [7, 11) is 0.